The Kier molecular flexibility index (Phi) is 7.87. The predicted octanol–water partition coefficient (Wildman–Crippen LogP) is 4.10. The summed E-state index contributed by atoms with van der Waals surface area (Å²) in [6.45, 7) is 3.24. The van der Waals surface area contributed by atoms with E-state index in [2.05, 4.69) is 22.0 Å². The van der Waals surface area contributed by atoms with Gasteiger partial charge in [-0.05, 0) is 48.7 Å². The number of halogens is 1. The summed E-state index contributed by atoms with van der Waals surface area (Å²) >= 11 is 0. The highest BCUT2D eigenvalue weighted by atomic mass is 19.1. The summed E-state index contributed by atoms with van der Waals surface area (Å²) in [7, 11) is 1.58. The summed E-state index contributed by atoms with van der Waals surface area (Å²) < 4.78 is 19.9. The fraction of sp³-hybridized carbons (Fsp3) is 0.333. The molecule has 0 amide bonds. The van der Waals surface area contributed by atoms with E-state index in [0.717, 1.165) is 23.0 Å². The van der Waals surface area contributed by atoms with Gasteiger partial charge in [0.1, 0.15) is 17.6 Å². The zero-order chi connectivity index (χ0) is 23.9. The van der Waals surface area contributed by atoms with Crippen LogP contribution in [0, 0.1) is 5.82 Å². The first-order chi connectivity index (χ1) is 16.5. The number of carboxylic acid groups (broad SMARTS) is 1. The first-order valence-electron chi connectivity index (χ1n) is 11.6. The third kappa shape index (κ3) is 5.79. The Morgan fingerprint density at radius 1 is 1.24 bits per heavy atom. The molecule has 34 heavy (non-hydrogen) atoms. The monoisotopic (exact) mass is 463 g/mol. The van der Waals surface area contributed by atoms with E-state index >= 15 is 0 Å². The van der Waals surface area contributed by atoms with Gasteiger partial charge in [-0.2, -0.15) is 0 Å². The topological polar surface area (TPSA) is 65.9 Å². The van der Waals surface area contributed by atoms with Gasteiger partial charge < -0.3 is 9.84 Å². The highest BCUT2D eigenvalue weighted by Crippen LogP contribution is 2.26. The Morgan fingerprint density at radius 2 is 2.06 bits per heavy atom. The van der Waals surface area contributed by atoms with Crippen molar-refractivity contribution in [2.24, 2.45) is 0 Å². The van der Waals surface area contributed by atoms with Gasteiger partial charge in [0.25, 0.3) is 0 Å². The van der Waals surface area contributed by atoms with E-state index in [0.29, 0.717) is 50.3 Å². The van der Waals surface area contributed by atoms with Gasteiger partial charge in [0.2, 0.25) is 0 Å². The smallest absolute Gasteiger partial charge is 0.322 e. The highest BCUT2D eigenvalue weighted by molar-refractivity contribution is 5.83. The van der Waals surface area contributed by atoms with E-state index in [9.17, 15) is 14.3 Å². The standard InChI is InChI=1S/C27H30FN3O3/c1-34-21-11-12-25-23(17-21)22(24(28)18-29-25)10-6-14-31-16-15-30(19-26(31)27(32)33)13-5-9-20-7-3-2-4-8-20/h2-5,7-9,11-12,17-18,26H,6,10,13-16,19H2,1H3,(H,32,33)/b9-5+/t26-/m1/s1. The van der Waals surface area contributed by atoms with Crippen LogP contribution >= 0.6 is 0 Å². The van der Waals surface area contributed by atoms with Crippen molar-refractivity contribution >= 4 is 22.9 Å². The van der Waals surface area contributed by atoms with Crippen molar-refractivity contribution < 1.29 is 19.0 Å². The van der Waals surface area contributed by atoms with Crippen molar-refractivity contribution in [3.05, 3.63) is 77.7 Å². The normalized spacial score (nSPS) is 17.4. The molecule has 1 aliphatic heterocycles. The largest absolute Gasteiger partial charge is 0.497 e. The van der Waals surface area contributed by atoms with Crippen molar-refractivity contribution in [2.45, 2.75) is 18.9 Å². The van der Waals surface area contributed by atoms with Gasteiger partial charge in [0.05, 0.1) is 18.8 Å². The Bertz CT molecular complexity index is 1150. The molecule has 1 saturated heterocycles. The van der Waals surface area contributed by atoms with Crippen molar-refractivity contribution in [1.82, 2.24) is 14.8 Å². The molecule has 1 N–H and O–H groups in total. The number of hydrogen-bond acceptors (Lipinski definition) is 5. The van der Waals surface area contributed by atoms with E-state index < -0.39 is 12.0 Å². The third-order valence-corrected chi connectivity index (χ3v) is 6.34. The van der Waals surface area contributed by atoms with Crippen molar-refractivity contribution in [1.29, 1.82) is 0 Å². The number of piperazine rings is 1. The molecule has 0 unspecified atom stereocenters. The zero-order valence-corrected chi connectivity index (χ0v) is 19.4. The minimum atomic E-state index is -0.818. The molecule has 2 heterocycles. The molecule has 7 heteroatoms. The lowest BCUT2D eigenvalue weighted by Gasteiger charge is -2.39. The number of aliphatic carboxylic acids is 1. The lowest BCUT2D eigenvalue weighted by atomic mass is 10.0. The predicted molar refractivity (Wildman–Crippen MR) is 131 cm³/mol. The van der Waals surface area contributed by atoms with E-state index in [1.54, 1.807) is 7.11 Å². The van der Waals surface area contributed by atoms with Crippen LogP contribution in [-0.4, -0.2) is 71.7 Å². The minimum Gasteiger partial charge on any atom is -0.497 e. The molecular weight excluding hydrogens is 433 g/mol. The molecule has 0 spiro atoms. The molecule has 4 rings (SSSR count). The SMILES string of the molecule is COc1ccc2ncc(F)c(CCCN3CCN(C/C=C/c4ccccc4)C[C@@H]3C(=O)O)c2c1. The van der Waals surface area contributed by atoms with Gasteiger partial charge in [0.15, 0.2) is 0 Å². The number of pyridine rings is 1. The molecule has 1 aliphatic rings. The van der Waals surface area contributed by atoms with Crippen LogP contribution in [0.15, 0.2) is 60.8 Å². The van der Waals surface area contributed by atoms with Crippen LogP contribution in [0.3, 0.4) is 0 Å². The Hall–Kier alpha value is -3.29. The van der Waals surface area contributed by atoms with Crippen LogP contribution in [0.1, 0.15) is 17.5 Å². The second kappa shape index (κ2) is 11.2. The number of benzene rings is 2. The van der Waals surface area contributed by atoms with Crippen molar-refractivity contribution in [3.63, 3.8) is 0 Å². The minimum absolute atomic E-state index is 0.342. The Labute approximate surface area is 199 Å². The zero-order valence-electron chi connectivity index (χ0n) is 19.4. The summed E-state index contributed by atoms with van der Waals surface area (Å²) in [5.74, 6) is -0.503. The number of ether oxygens (including phenoxy) is 1. The molecule has 178 valence electrons. The summed E-state index contributed by atoms with van der Waals surface area (Å²) in [6, 6.07) is 14.9. The second-order valence-electron chi connectivity index (χ2n) is 8.53. The van der Waals surface area contributed by atoms with Crippen LogP contribution in [0.25, 0.3) is 17.0 Å². The molecule has 3 aromatic rings. The number of hydrogen-bond donors (Lipinski definition) is 1. The van der Waals surface area contributed by atoms with Crippen LogP contribution in [0.4, 0.5) is 4.39 Å². The molecule has 2 aromatic carbocycles. The van der Waals surface area contributed by atoms with E-state index in [1.165, 1.54) is 6.20 Å². The maximum absolute atomic E-state index is 14.6. The van der Waals surface area contributed by atoms with Gasteiger partial charge >= 0.3 is 5.97 Å². The highest BCUT2D eigenvalue weighted by Gasteiger charge is 2.31. The molecule has 0 radical (unpaired) electrons. The molecular formula is C27H30FN3O3. The maximum atomic E-state index is 14.6. The van der Waals surface area contributed by atoms with Crippen LogP contribution in [0.2, 0.25) is 0 Å². The number of aromatic nitrogens is 1. The fourth-order valence-corrected chi connectivity index (χ4v) is 4.49. The van der Waals surface area contributed by atoms with E-state index in [1.807, 2.05) is 53.4 Å². The molecule has 0 aliphatic carbocycles. The molecule has 0 saturated carbocycles. The third-order valence-electron chi connectivity index (χ3n) is 6.34. The summed E-state index contributed by atoms with van der Waals surface area (Å²) in [5, 5.41) is 10.6. The summed E-state index contributed by atoms with van der Waals surface area (Å²) in [5.41, 5.74) is 2.45. The maximum Gasteiger partial charge on any atom is 0.322 e. The van der Waals surface area contributed by atoms with Crippen LogP contribution < -0.4 is 4.74 Å². The van der Waals surface area contributed by atoms with Crippen molar-refractivity contribution in [2.75, 3.05) is 39.8 Å². The molecule has 1 atom stereocenters. The Balaban J connectivity index is 1.36. The van der Waals surface area contributed by atoms with Gasteiger partial charge in [-0.25, -0.2) is 4.39 Å². The molecule has 0 bridgehead atoms. The van der Waals surface area contributed by atoms with Crippen LogP contribution in [-0.2, 0) is 11.2 Å². The van der Waals surface area contributed by atoms with Gasteiger partial charge in [-0.1, -0.05) is 42.5 Å². The first-order valence-corrected chi connectivity index (χ1v) is 11.6. The fourth-order valence-electron chi connectivity index (χ4n) is 4.49. The van der Waals surface area contributed by atoms with E-state index in [-0.39, 0.29) is 5.82 Å². The number of carbonyl (C=O) groups is 1. The number of nitrogens with zero attached hydrogens (tertiary/aromatic N) is 3. The van der Waals surface area contributed by atoms with Gasteiger partial charge in [-0.15, -0.1) is 0 Å². The number of aryl methyl sites for hydroxylation is 1. The summed E-state index contributed by atoms with van der Waals surface area (Å²) in [6.07, 6.45) is 6.56. The average Bonchev–Trinajstić information content (AvgIpc) is 2.86. The number of rotatable bonds is 9. The Morgan fingerprint density at radius 3 is 2.82 bits per heavy atom. The van der Waals surface area contributed by atoms with Gasteiger partial charge in [-0.3, -0.25) is 19.6 Å². The number of carboxylic acids is 1. The van der Waals surface area contributed by atoms with E-state index in [4.69, 9.17) is 4.74 Å². The van der Waals surface area contributed by atoms with Gasteiger partial charge in [0, 0.05) is 31.6 Å². The number of methoxy groups -OCH3 is 1. The molecule has 1 fully saturated rings. The van der Waals surface area contributed by atoms with Crippen LogP contribution in [0.5, 0.6) is 5.75 Å². The first kappa shape index (κ1) is 23.9. The lowest BCUT2D eigenvalue weighted by Crippen LogP contribution is -2.56. The molecule has 6 nitrogen and oxygen atoms in total. The number of fused-ring (bicyclic) bond motifs is 1. The summed E-state index contributed by atoms with van der Waals surface area (Å²) in [4.78, 5) is 20.3. The quantitative estimate of drug-likeness (QED) is 0.516. The molecule has 1 aromatic heterocycles. The second-order valence-corrected chi connectivity index (χ2v) is 8.53. The average molecular weight is 464 g/mol. The van der Waals surface area contributed by atoms with Crippen molar-refractivity contribution in [3.8, 4) is 5.75 Å². The lowest BCUT2D eigenvalue weighted by molar-refractivity contribution is -0.145.